The van der Waals surface area contributed by atoms with Crippen molar-refractivity contribution < 1.29 is 9.53 Å². The van der Waals surface area contributed by atoms with Gasteiger partial charge in [0, 0.05) is 44.2 Å². The minimum atomic E-state index is -0.161. The van der Waals surface area contributed by atoms with Gasteiger partial charge in [-0.05, 0) is 31.0 Å². The molecule has 0 aliphatic carbocycles. The van der Waals surface area contributed by atoms with Crippen LogP contribution in [0.15, 0.2) is 29.3 Å². The average Bonchev–Trinajstić information content (AvgIpc) is 3.10. The number of methoxy groups -OCH3 is 1. The highest BCUT2D eigenvalue weighted by molar-refractivity contribution is 14.0. The first-order valence-corrected chi connectivity index (χ1v) is 9.56. The zero-order chi connectivity index (χ0) is 18.9. The van der Waals surface area contributed by atoms with E-state index in [0.717, 1.165) is 37.6 Å². The SMILES string of the molecule is CCNC(=NCC(OC)c1cccc(Cl)c1)NC1CCN(C(=O)CC)C1.I. The summed E-state index contributed by atoms with van der Waals surface area (Å²) >= 11 is 6.07. The number of hydrogen-bond acceptors (Lipinski definition) is 3. The predicted octanol–water partition coefficient (Wildman–Crippen LogP) is 3.21. The molecule has 27 heavy (non-hydrogen) atoms. The standard InChI is InChI=1S/C19H29ClN4O2.HI/c1-4-18(25)24-10-9-16(13-24)23-19(21-5-2)22-12-17(26-3)14-7-6-8-15(20)11-14;/h6-8,11,16-17H,4-5,9-10,12-13H2,1-3H3,(H2,21,22,23);1H. The van der Waals surface area contributed by atoms with Gasteiger partial charge in [-0.3, -0.25) is 9.79 Å². The number of carbonyl (C=O) groups is 1. The summed E-state index contributed by atoms with van der Waals surface area (Å²) in [6.45, 7) is 6.70. The molecule has 1 fully saturated rings. The van der Waals surface area contributed by atoms with Crippen LogP contribution in [0.3, 0.4) is 0 Å². The molecule has 1 saturated heterocycles. The average molecular weight is 509 g/mol. The number of nitrogens with zero attached hydrogens (tertiary/aromatic N) is 2. The van der Waals surface area contributed by atoms with Gasteiger partial charge < -0.3 is 20.3 Å². The largest absolute Gasteiger partial charge is 0.375 e. The number of amides is 1. The van der Waals surface area contributed by atoms with Gasteiger partial charge in [0.15, 0.2) is 5.96 Å². The second-order valence-corrected chi connectivity index (χ2v) is 6.76. The summed E-state index contributed by atoms with van der Waals surface area (Å²) in [4.78, 5) is 18.4. The molecule has 152 valence electrons. The number of rotatable bonds is 7. The molecule has 6 nitrogen and oxygen atoms in total. The summed E-state index contributed by atoms with van der Waals surface area (Å²) in [6, 6.07) is 7.86. The maximum Gasteiger partial charge on any atom is 0.222 e. The smallest absolute Gasteiger partial charge is 0.222 e. The fourth-order valence-corrected chi connectivity index (χ4v) is 3.24. The van der Waals surface area contributed by atoms with Crippen LogP contribution < -0.4 is 10.6 Å². The highest BCUT2D eigenvalue weighted by atomic mass is 127. The molecule has 1 aromatic carbocycles. The maximum absolute atomic E-state index is 11.8. The summed E-state index contributed by atoms with van der Waals surface area (Å²) < 4.78 is 5.58. The van der Waals surface area contributed by atoms with E-state index in [2.05, 4.69) is 15.6 Å². The lowest BCUT2D eigenvalue weighted by Gasteiger charge is -2.20. The molecule has 1 aliphatic heterocycles. The molecular formula is C19H30ClIN4O2. The molecule has 1 amide bonds. The quantitative estimate of drug-likeness (QED) is 0.337. The van der Waals surface area contributed by atoms with E-state index in [9.17, 15) is 4.79 Å². The molecule has 0 radical (unpaired) electrons. The highest BCUT2D eigenvalue weighted by Gasteiger charge is 2.25. The number of benzene rings is 1. The molecule has 0 spiro atoms. The lowest BCUT2D eigenvalue weighted by molar-refractivity contribution is -0.129. The van der Waals surface area contributed by atoms with Crippen molar-refractivity contribution in [1.29, 1.82) is 0 Å². The van der Waals surface area contributed by atoms with Crippen LogP contribution in [0.25, 0.3) is 0 Å². The number of ether oxygens (including phenoxy) is 1. The van der Waals surface area contributed by atoms with E-state index in [-0.39, 0.29) is 42.0 Å². The molecule has 0 saturated carbocycles. The van der Waals surface area contributed by atoms with Crippen LogP contribution in [0.2, 0.25) is 5.02 Å². The van der Waals surface area contributed by atoms with Crippen molar-refractivity contribution in [1.82, 2.24) is 15.5 Å². The van der Waals surface area contributed by atoms with Crippen LogP contribution in [0, 0.1) is 0 Å². The van der Waals surface area contributed by atoms with Crippen molar-refractivity contribution in [2.45, 2.75) is 38.8 Å². The number of carbonyl (C=O) groups excluding carboxylic acids is 1. The van der Waals surface area contributed by atoms with Crippen LogP contribution in [0.1, 0.15) is 38.4 Å². The Balaban J connectivity index is 0.00000364. The first kappa shape index (κ1) is 24.0. The van der Waals surface area contributed by atoms with Gasteiger partial charge in [-0.25, -0.2) is 0 Å². The van der Waals surface area contributed by atoms with E-state index in [1.54, 1.807) is 7.11 Å². The van der Waals surface area contributed by atoms with Gasteiger partial charge in [-0.15, -0.1) is 24.0 Å². The number of nitrogens with one attached hydrogen (secondary N) is 2. The lowest BCUT2D eigenvalue weighted by atomic mass is 10.1. The molecule has 1 heterocycles. The Kier molecular flexibility index (Phi) is 11.0. The Morgan fingerprint density at radius 1 is 1.44 bits per heavy atom. The van der Waals surface area contributed by atoms with Gasteiger partial charge in [-0.1, -0.05) is 30.7 Å². The van der Waals surface area contributed by atoms with Crippen LogP contribution >= 0.6 is 35.6 Å². The second-order valence-electron chi connectivity index (χ2n) is 6.32. The topological polar surface area (TPSA) is 66.0 Å². The third kappa shape index (κ3) is 7.46. The third-order valence-corrected chi connectivity index (χ3v) is 4.68. The molecule has 2 unspecified atom stereocenters. The van der Waals surface area contributed by atoms with Crippen LogP contribution in [0.4, 0.5) is 0 Å². The van der Waals surface area contributed by atoms with Gasteiger partial charge in [0.05, 0.1) is 6.54 Å². The van der Waals surface area contributed by atoms with Crippen molar-refractivity contribution in [3.05, 3.63) is 34.9 Å². The number of aliphatic imine (C=N–C) groups is 1. The lowest BCUT2D eigenvalue weighted by Crippen LogP contribution is -2.45. The molecule has 0 aromatic heterocycles. The van der Waals surface area contributed by atoms with Gasteiger partial charge in [0.25, 0.3) is 0 Å². The zero-order valence-corrected chi connectivity index (χ0v) is 19.3. The Morgan fingerprint density at radius 2 is 2.22 bits per heavy atom. The van der Waals surface area contributed by atoms with E-state index < -0.39 is 0 Å². The first-order valence-electron chi connectivity index (χ1n) is 9.18. The first-order chi connectivity index (χ1) is 12.6. The van der Waals surface area contributed by atoms with Crippen LogP contribution in [0.5, 0.6) is 0 Å². The number of likely N-dealkylation sites (tertiary alicyclic amines) is 1. The van der Waals surface area contributed by atoms with Crippen LogP contribution in [-0.4, -0.2) is 56.1 Å². The molecule has 2 atom stereocenters. The van der Waals surface area contributed by atoms with E-state index in [1.165, 1.54) is 0 Å². The van der Waals surface area contributed by atoms with Gasteiger partial charge in [0.1, 0.15) is 6.10 Å². The zero-order valence-electron chi connectivity index (χ0n) is 16.2. The highest BCUT2D eigenvalue weighted by Crippen LogP contribution is 2.20. The van der Waals surface area contributed by atoms with Crippen molar-refractivity contribution in [3.8, 4) is 0 Å². The molecule has 8 heteroatoms. The fourth-order valence-electron chi connectivity index (χ4n) is 3.04. The van der Waals surface area contributed by atoms with Crippen LogP contribution in [-0.2, 0) is 9.53 Å². The maximum atomic E-state index is 11.8. The van der Waals surface area contributed by atoms with Crippen molar-refractivity contribution in [3.63, 3.8) is 0 Å². The third-order valence-electron chi connectivity index (χ3n) is 4.45. The molecule has 2 rings (SSSR count). The van der Waals surface area contributed by atoms with Crippen molar-refractivity contribution in [2.75, 3.05) is 33.3 Å². The van der Waals surface area contributed by atoms with E-state index in [1.807, 2.05) is 43.0 Å². The summed E-state index contributed by atoms with van der Waals surface area (Å²) in [5, 5.41) is 7.38. The van der Waals surface area contributed by atoms with E-state index >= 15 is 0 Å². The predicted molar refractivity (Wildman–Crippen MR) is 121 cm³/mol. The Hall–Kier alpha value is -1.06. The summed E-state index contributed by atoms with van der Waals surface area (Å²) in [5.41, 5.74) is 1.00. The summed E-state index contributed by atoms with van der Waals surface area (Å²) in [5.74, 6) is 0.948. The minimum absolute atomic E-state index is 0. The number of hydrogen-bond donors (Lipinski definition) is 2. The molecule has 1 aromatic rings. The Labute approximate surface area is 184 Å². The molecule has 0 bridgehead atoms. The summed E-state index contributed by atoms with van der Waals surface area (Å²) in [6.07, 6.45) is 1.32. The molecule has 2 N–H and O–H groups in total. The van der Waals surface area contributed by atoms with Gasteiger partial charge >= 0.3 is 0 Å². The van der Waals surface area contributed by atoms with Gasteiger partial charge in [-0.2, -0.15) is 0 Å². The van der Waals surface area contributed by atoms with Crippen molar-refractivity contribution in [2.24, 2.45) is 4.99 Å². The minimum Gasteiger partial charge on any atom is -0.375 e. The monoisotopic (exact) mass is 508 g/mol. The normalized spacial score (nSPS) is 18.0. The number of guanidine groups is 1. The molecule has 1 aliphatic rings. The Bertz CT molecular complexity index is 629. The Morgan fingerprint density at radius 3 is 2.85 bits per heavy atom. The summed E-state index contributed by atoms with van der Waals surface area (Å²) in [7, 11) is 1.67. The molecular weight excluding hydrogens is 479 g/mol. The van der Waals surface area contributed by atoms with E-state index in [4.69, 9.17) is 16.3 Å². The van der Waals surface area contributed by atoms with Crippen molar-refractivity contribution >= 4 is 47.4 Å². The number of halogens is 2. The van der Waals surface area contributed by atoms with Gasteiger partial charge in [0.2, 0.25) is 5.91 Å². The van der Waals surface area contributed by atoms with E-state index in [0.29, 0.717) is 18.0 Å². The fraction of sp³-hybridized carbons (Fsp3) is 0.579. The second kappa shape index (κ2) is 12.4.